The maximum atomic E-state index is 13.1. The van der Waals surface area contributed by atoms with Gasteiger partial charge in [0.05, 0.1) is 7.05 Å². The molecule has 4 N–H and O–H groups in total. The number of carbonyl (C=O) groups excluding carboxylic acids is 2. The number of β-lactam (4-membered cyclic amide) rings is 1. The number of nitrogens with one attached hydrogen (secondary N) is 1. The van der Waals surface area contributed by atoms with Crippen LogP contribution in [0.25, 0.3) is 6.08 Å². The smallest absolute Gasteiger partial charge is 0.352 e. The van der Waals surface area contributed by atoms with Crippen molar-refractivity contribution in [1.29, 1.82) is 0 Å². The first-order valence-electron chi connectivity index (χ1n) is 11.0. The maximum absolute atomic E-state index is 13.1. The van der Waals surface area contributed by atoms with E-state index < -0.39 is 29.2 Å². The molecule has 5 rings (SSSR count). The van der Waals surface area contributed by atoms with E-state index in [0.29, 0.717) is 27.4 Å². The molecule has 0 saturated carbocycles. The Kier molecular flexibility index (Phi) is 6.48. The summed E-state index contributed by atoms with van der Waals surface area (Å²) in [6.07, 6.45) is 3.93. The lowest BCUT2D eigenvalue weighted by Crippen LogP contribution is -2.71. The number of halogens is 1. The molecule has 14 heteroatoms. The van der Waals surface area contributed by atoms with Crippen LogP contribution >= 0.6 is 34.7 Å². The molecule has 2 amide bonds. The van der Waals surface area contributed by atoms with Gasteiger partial charge in [0.15, 0.2) is 10.8 Å². The number of carboxylic acids is 1. The number of aromatic nitrogens is 1. The molecule has 1 unspecified atom stereocenters. The van der Waals surface area contributed by atoms with Crippen LogP contribution in [0.15, 0.2) is 46.2 Å². The van der Waals surface area contributed by atoms with Gasteiger partial charge in [0.1, 0.15) is 48.3 Å². The van der Waals surface area contributed by atoms with Gasteiger partial charge in [-0.1, -0.05) is 16.8 Å². The highest BCUT2D eigenvalue weighted by molar-refractivity contribution is 8.00. The van der Waals surface area contributed by atoms with Gasteiger partial charge in [0.25, 0.3) is 11.8 Å². The number of benzene rings is 1. The van der Waals surface area contributed by atoms with Crippen molar-refractivity contribution in [2.75, 3.05) is 32.2 Å². The largest absolute Gasteiger partial charge is 0.477 e. The summed E-state index contributed by atoms with van der Waals surface area (Å²) in [5, 5.41) is 18.3. The number of carbonyl (C=O) groups is 3. The van der Waals surface area contributed by atoms with E-state index in [-0.39, 0.29) is 22.2 Å². The molecule has 3 aliphatic heterocycles. The molecule has 2 aromatic rings. The fraction of sp³-hybridized carbons (Fsp3) is 0.261. The molecule has 1 aromatic heterocycles. The lowest BCUT2D eigenvalue weighted by Gasteiger charge is -2.49. The Hall–Kier alpha value is -3.39. The zero-order chi connectivity index (χ0) is 26.5. The molecule has 11 nitrogen and oxygen atoms in total. The summed E-state index contributed by atoms with van der Waals surface area (Å²) in [5.74, 6) is -1.99. The van der Waals surface area contributed by atoms with E-state index >= 15 is 0 Å². The molecule has 192 valence electrons. The fourth-order valence-corrected chi connectivity index (χ4v) is 6.75. The van der Waals surface area contributed by atoms with Crippen LogP contribution in [0.2, 0.25) is 5.02 Å². The summed E-state index contributed by atoms with van der Waals surface area (Å²) in [6.45, 7) is 0.364. The van der Waals surface area contributed by atoms with Gasteiger partial charge in [-0.25, -0.2) is 9.78 Å². The zero-order valence-corrected chi connectivity index (χ0v) is 22.1. The van der Waals surface area contributed by atoms with Crippen LogP contribution in [0.1, 0.15) is 11.3 Å². The van der Waals surface area contributed by atoms with Gasteiger partial charge in [0.2, 0.25) is 0 Å². The average molecular weight is 562 g/mol. The highest BCUT2D eigenvalue weighted by Gasteiger charge is 2.55. The van der Waals surface area contributed by atoms with Gasteiger partial charge in [0, 0.05) is 39.4 Å². The minimum Gasteiger partial charge on any atom is -0.477 e. The average Bonchev–Trinajstić information content (AvgIpc) is 3.42. The number of thioether (sulfide) groups is 1. The van der Waals surface area contributed by atoms with E-state index in [4.69, 9.17) is 22.2 Å². The molecule has 3 aliphatic rings. The molecule has 0 aliphatic carbocycles. The van der Waals surface area contributed by atoms with Gasteiger partial charge >= 0.3 is 5.97 Å². The standard InChI is InChI=1S/C23H21ClN6O5S2/c1-30(6-5-11-7-13(24)3-4-15(11)30)8-12-9-36-21-17(20(32)29(21)18(12)22(33)34)27-19(31)16(28-35-2)14-10-37-23(25)26-14/h3-7,10,17,21H,8-9H2,1-2H3,(H3-,25,26,27,31,33,34)/p+1/b28-16-/t17-,21-,30?/m1/s1. The summed E-state index contributed by atoms with van der Waals surface area (Å²) >= 11 is 8.66. The topological polar surface area (TPSA) is 147 Å². The monoisotopic (exact) mass is 561 g/mol. The molecule has 1 saturated heterocycles. The third kappa shape index (κ3) is 4.37. The molecule has 1 fully saturated rings. The molecule has 37 heavy (non-hydrogen) atoms. The SMILES string of the molecule is CO/N=C(\C(=O)N[C@@H]1C(=O)N2C(C(=O)O)=C(C[N+]3(C)C=Cc4cc(Cl)ccc43)CS[C@H]12)c1csc(N)n1. The number of hydrogen-bond acceptors (Lipinski definition) is 9. The lowest BCUT2D eigenvalue weighted by molar-refractivity contribution is -0.150. The van der Waals surface area contributed by atoms with E-state index in [1.165, 1.54) is 23.8 Å². The van der Waals surface area contributed by atoms with Gasteiger partial charge in [-0.3, -0.25) is 19.0 Å². The number of carboxylic acid groups (broad SMARTS) is 1. The van der Waals surface area contributed by atoms with E-state index in [1.54, 1.807) is 11.4 Å². The highest BCUT2D eigenvalue weighted by Crippen LogP contribution is 2.43. The van der Waals surface area contributed by atoms with Crippen LogP contribution in [-0.4, -0.2) is 76.4 Å². The van der Waals surface area contributed by atoms with E-state index in [0.717, 1.165) is 22.6 Å². The number of thiazole rings is 1. The Balaban J connectivity index is 1.37. The van der Waals surface area contributed by atoms with E-state index in [1.807, 2.05) is 31.5 Å². The van der Waals surface area contributed by atoms with Crippen molar-refractivity contribution in [2.24, 2.45) is 5.16 Å². The Morgan fingerprint density at radius 3 is 2.89 bits per heavy atom. The van der Waals surface area contributed by atoms with Gasteiger partial charge in [-0.15, -0.1) is 23.1 Å². The second kappa shape index (κ2) is 9.49. The quantitative estimate of drug-likeness (QED) is 0.201. The number of fused-ring (bicyclic) bond motifs is 2. The number of oxime groups is 1. The number of anilines is 1. The molecule has 3 atom stereocenters. The molecule has 0 radical (unpaired) electrons. The van der Waals surface area contributed by atoms with Crippen molar-refractivity contribution < 1.29 is 24.3 Å². The number of aliphatic carboxylic acids is 1. The van der Waals surface area contributed by atoms with Crippen molar-refractivity contribution in [2.45, 2.75) is 11.4 Å². The number of nitrogens with zero attached hydrogens (tertiary/aromatic N) is 4. The predicted molar refractivity (Wildman–Crippen MR) is 143 cm³/mol. The fourth-order valence-electron chi connectivity index (χ4n) is 4.69. The Morgan fingerprint density at radius 1 is 1.43 bits per heavy atom. The number of amides is 2. The second-order valence-corrected chi connectivity index (χ2v) is 11.2. The normalized spacial score (nSPS) is 24.5. The van der Waals surface area contributed by atoms with Crippen molar-refractivity contribution >= 4 is 75.1 Å². The third-order valence-electron chi connectivity index (χ3n) is 6.34. The summed E-state index contributed by atoms with van der Waals surface area (Å²) in [7, 11) is 3.26. The van der Waals surface area contributed by atoms with E-state index in [2.05, 4.69) is 15.5 Å². The number of hydrogen-bond donors (Lipinski definition) is 3. The summed E-state index contributed by atoms with van der Waals surface area (Å²) in [4.78, 5) is 48.5. The first kappa shape index (κ1) is 25.3. The van der Waals surface area contributed by atoms with Gasteiger partial charge < -0.3 is 21.0 Å². The number of nitrogen functional groups attached to an aromatic ring is 1. The predicted octanol–water partition coefficient (Wildman–Crippen LogP) is 2.09. The second-order valence-electron chi connectivity index (χ2n) is 8.76. The van der Waals surface area contributed by atoms with Gasteiger partial charge in [-0.2, -0.15) is 0 Å². The van der Waals surface area contributed by atoms with Crippen molar-refractivity contribution in [1.82, 2.24) is 19.7 Å². The minimum atomic E-state index is -1.19. The van der Waals surface area contributed by atoms with Crippen LogP contribution in [0.4, 0.5) is 10.8 Å². The first-order chi connectivity index (χ1) is 17.6. The number of rotatable bonds is 7. The molecule has 1 aromatic carbocycles. The first-order valence-corrected chi connectivity index (χ1v) is 13.3. The highest BCUT2D eigenvalue weighted by atomic mass is 35.5. The zero-order valence-electron chi connectivity index (χ0n) is 19.7. The van der Waals surface area contributed by atoms with Crippen LogP contribution in [0, 0.1) is 0 Å². The number of quaternary nitrogens is 1. The molecular weight excluding hydrogens is 540 g/mol. The number of likely N-dealkylation sites (N-methyl/N-ethyl adjacent to an activating group) is 1. The maximum Gasteiger partial charge on any atom is 0.352 e. The summed E-state index contributed by atoms with van der Waals surface area (Å²) in [5.41, 5.74) is 8.28. The molecule has 4 heterocycles. The van der Waals surface area contributed by atoms with E-state index in [9.17, 15) is 19.5 Å². The van der Waals surface area contributed by atoms with Crippen LogP contribution in [-0.2, 0) is 19.2 Å². The Morgan fingerprint density at radius 2 is 2.22 bits per heavy atom. The van der Waals surface area contributed by atoms with Crippen LogP contribution in [0.5, 0.6) is 0 Å². The summed E-state index contributed by atoms with van der Waals surface area (Å²) < 4.78 is 0.347. The summed E-state index contributed by atoms with van der Waals surface area (Å²) in [6, 6.07) is 4.66. The molecular formula is C23H22ClN6O5S2+. The number of nitrogens with two attached hydrogens (primary N) is 1. The van der Waals surface area contributed by atoms with Crippen molar-refractivity contribution in [3.05, 3.63) is 57.3 Å². The van der Waals surface area contributed by atoms with Crippen LogP contribution in [0.3, 0.4) is 0 Å². The third-order valence-corrected chi connectivity index (χ3v) is 8.59. The van der Waals surface area contributed by atoms with Crippen LogP contribution < -0.4 is 15.5 Å². The Labute approximate surface area is 224 Å². The van der Waals surface area contributed by atoms with Crippen molar-refractivity contribution in [3.8, 4) is 0 Å². The van der Waals surface area contributed by atoms with Crippen molar-refractivity contribution in [3.63, 3.8) is 0 Å². The molecule has 0 bridgehead atoms. The van der Waals surface area contributed by atoms with Gasteiger partial charge in [-0.05, 0) is 12.1 Å². The minimum absolute atomic E-state index is 0.0486. The lowest BCUT2D eigenvalue weighted by atomic mass is 10.0. The molecule has 0 spiro atoms. The Bertz CT molecular complexity index is 1420.